The van der Waals surface area contributed by atoms with Crippen molar-refractivity contribution in [3.8, 4) is 0 Å². The molecule has 4 saturated heterocycles. The molecule has 2 amide bonds. The quantitative estimate of drug-likeness (QED) is 0.0699. The summed E-state index contributed by atoms with van der Waals surface area (Å²) in [5.74, 6) is -5.82. The SMILES string of the molecule is CC[C@@H](C(=O)[C@@H](C)[C@@H](O)[C@H](C)[C@@H]1O[C@@H]([C@@H](CC)C(=O)NCC(=O)NCCn2c([N+](=O)[O-])cnc2C)CCC1C)[C@H]1O[C@]2(C=C[C@@H](O)[C@]3(CC[C@@](C)([C@H]4CCC(O)(CC)[C@H](C)O4)O3)O2)[C@H](C)C[C@@H]1C. The van der Waals surface area contributed by atoms with Crippen LogP contribution in [0.4, 0.5) is 5.82 Å². The van der Waals surface area contributed by atoms with Crippen LogP contribution >= 0.6 is 0 Å². The van der Waals surface area contributed by atoms with Gasteiger partial charge in [0.25, 0.3) is 0 Å². The summed E-state index contributed by atoms with van der Waals surface area (Å²) in [6.45, 7) is 21.2. The Balaban J connectivity index is 1.07. The van der Waals surface area contributed by atoms with Gasteiger partial charge in [0.2, 0.25) is 17.6 Å². The second-order valence-electron chi connectivity index (χ2n) is 21.2. The lowest BCUT2D eigenvalue weighted by Gasteiger charge is -2.54. The fraction of sp³-hybridized carbons (Fsp3) is 0.840. The lowest BCUT2D eigenvalue weighted by Crippen LogP contribution is -2.63. The zero-order valence-corrected chi connectivity index (χ0v) is 42.3. The number of nitrogens with zero attached hydrogens (tertiary/aromatic N) is 3. The molecule has 0 aromatic carbocycles. The molecule has 384 valence electrons. The van der Waals surface area contributed by atoms with Crippen LogP contribution < -0.4 is 10.6 Å². The van der Waals surface area contributed by atoms with E-state index in [4.69, 9.17) is 23.7 Å². The van der Waals surface area contributed by atoms with Crippen LogP contribution in [0.25, 0.3) is 0 Å². The lowest BCUT2D eigenvalue weighted by molar-refractivity contribution is -0.409. The molecule has 0 radical (unpaired) electrons. The average Bonchev–Trinajstić information content (AvgIpc) is 3.86. The van der Waals surface area contributed by atoms with E-state index in [-0.39, 0.29) is 67.1 Å². The van der Waals surface area contributed by atoms with Gasteiger partial charge in [-0.25, -0.2) is 9.55 Å². The van der Waals surface area contributed by atoms with E-state index in [0.717, 1.165) is 6.42 Å². The van der Waals surface area contributed by atoms with Crippen LogP contribution in [0.15, 0.2) is 18.3 Å². The van der Waals surface area contributed by atoms with E-state index in [0.29, 0.717) is 63.6 Å². The van der Waals surface area contributed by atoms with Crippen molar-refractivity contribution < 1.29 is 58.3 Å². The molecule has 6 heterocycles. The molecule has 1 aromatic rings. The summed E-state index contributed by atoms with van der Waals surface area (Å²) in [5, 5.41) is 51.4. The molecule has 0 saturated carbocycles. The van der Waals surface area contributed by atoms with Crippen LogP contribution in [0.1, 0.15) is 139 Å². The van der Waals surface area contributed by atoms with E-state index in [2.05, 4.69) is 36.4 Å². The first-order chi connectivity index (χ1) is 32.0. The molecule has 2 unspecified atom stereocenters. The monoisotopic (exact) mass is 960 g/mol. The molecule has 0 bridgehead atoms. The Labute approximate surface area is 402 Å². The number of carbonyl (C=O) groups is 3. The molecule has 5 N–H and O–H groups in total. The highest BCUT2D eigenvalue weighted by Crippen LogP contribution is 2.54. The molecule has 6 rings (SSSR count). The Morgan fingerprint density at radius 1 is 0.971 bits per heavy atom. The van der Waals surface area contributed by atoms with Gasteiger partial charge < -0.3 is 59.8 Å². The normalized spacial score (nSPS) is 38.4. The molecular weight excluding hydrogens is 879 g/mol. The predicted molar refractivity (Wildman–Crippen MR) is 251 cm³/mol. The van der Waals surface area contributed by atoms with E-state index >= 15 is 0 Å². The van der Waals surface area contributed by atoms with Crippen molar-refractivity contribution in [2.45, 2.75) is 212 Å². The minimum Gasteiger partial charge on any atom is -0.392 e. The Kier molecular flexibility index (Phi) is 17.1. The Bertz CT molecular complexity index is 1980. The minimum absolute atomic E-state index is 0.0310. The number of amides is 2. The van der Waals surface area contributed by atoms with Crippen LogP contribution in [0.2, 0.25) is 0 Å². The van der Waals surface area contributed by atoms with E-state index in [1.54, 1.807) is 26.0 Å². The number of ketones is 1. The highest BCUT2D eigenvalue weighted by molar-refractivity contribution is 5.86. The Morgan fingerprint density at radius 2 is 1.68 bits per heavy atom. The number of carbonyl (C=O) groups excluding carboxylic acids is 3. The number of hydrogen-bond acceptors (Lipinski definition) is 14. The van der Waals surface area contributed by atoms with Crippen LogP contribution in [0.5, 0.6) is 0 Å². The number of nitrogens with one attached hydrogen (secondary N) is 2. The van der Waals surface area contributed by atoms with Crippen molar-refractivity contribution in [2.75, 3.05) is 13.1 Å². The van der Waals surface area contributed by atoms with Crippen molar-refractivity contribution >= 4 is 23.4 Å². The summed E-state index contributed by atoms with van der Waals surface area (Å²) in [4.78, 5) is 55.7. The lowest BCUT2D eigenvalue weighted by atomic mass is 9.72. The second-order valence-corrected chi connectivity index (χ2v) is 21.2. The van der Waals surface area contributed by atoms with Gasteiger partial charge in [0.1, 0.15) is 24.6 Å². The molecule has 18 atom stereocenters. The summed E-state index contributed by atoms with van der Waals surface area (Å²) in [5.41, 5.74) is -1.69. The number of aromatic nitrogens is 2. The van der Waals surface area contributed by atoms with Gasteiger partial charge in [0, 0.05) is 37.0 Å². The number of imidazole rings is 1. The number of hydrogen-bond donors (Lipinski definition) is 5. The third-order valence-electron chi connectivity index (χ3n) is 16.8. The third-order valence-corrected chi connectivity index (χ3v) is 16.8. The van der Waals surface area contributed by atoms with E-state index < -0.39 is 87.8 Å². The van der Waals surface area contributed by atoms with Crippen molar-refractivity contribution in [3.63, 3.8) is 0 Å². The zero-order chi connectivity index (χ0) is 50.1. The topological polar surface area (TPSA) is 243 Å². The first-order valence-corrected chi connectivity index (χ1v) is 25.4. The molecule has 5 aliphatic heterocycles. The molecule has 0 aliphatic carbocycles. The standard InChI is InChI=1S/C50H81N5O13/c1-12-35(46(60)53-26-40(57)51-23-24-54-34(10)52-27-41(54)55(62)63)37-16-15-28(4)44(65-37)32(8)42(58)31(7)43(59)36(13-2)45-29(5)25-30(6)49(66-45)20-17-38(56)50(68-49)22-21-47(11,67-50)39-18-19-48(61,14-3)33(9)64-39/h17,20,27-33,35-39,42,44-45,56,58,61H,12-16,18-19,21-26H2,1-11H3,(H,51,57)(H,53,60)/t28?,29-,30+,31-,32-,33-,35+,36-,37+,38+,39+,42+,44+,45-,47-,48?,49-,50-/m0/s1. The van der Waals surface area contributed by atoms with Gasteiger partial charge in [-0.2, -0.15) is 0 Å². The molecule has 5 aliphatic rings. The van der Waals surface area contributed by atoms with Gasteiger partial charge >= 0.3 is 5.82 Å². The number of aliphatic hydroxyl groups is 3. The van der Waals surface area contributed by atoms with Crippen molar-refractivity contribution in [1.29, 1.82) is 0 Å². The van der Waals surface area contributed by atoms with E-state index in [9.17, 15) is 39.8 Å². The van der Waals surface area contributed by atoms with Crippen LogP contribution in [0, 0.1) is 58.5 Å². The molecule has 18 heteroatoms. The van der Waals surface area contributed by atoms with Crippen LogP contribution in [0.3, 0.4) is 0 Å². The summed E-state index contributed by atoms with van der Waals surface area (Å²) >= 11 is 0. The first-order valence-electron chi connectivity index (χ1n) is 25.4. The van der Waals surface area contributed by atoms with Gasteiger partial charge in [-0.1, -0.05) is 55.4 Å². The number of aliphatic hydroxyl groups excluding tert-OH is 2. The zero-order valence-electron chi connectivity index (χ0n) is 42.3. The molecular formula is C50H81N5O13. The Hall–Kier alpha value is -3.36. The fourth-order valence-corrected chi connectivity index (χ4v) is 12.1. The number of aryl methyl sites for hydroxylation is 1. The van der Waals surface area contributed by atoms with Gasteiger partial charge in [-0.05, 0) is 101 Å². The average molecular weight is 960 g/mol. The van der Waals surface area contributed by atoms with E-state index in [1.807, 2.05) is 41.5 Å². The summed E-state index contributed by atoms with van der Waals surface area (Å²) in [6.07, 6.45) is 6.03. The van der Waals surface area contributed by atoms with Crippen molar-refractivity contribution in [1.82, 2.24) is 20.2 Å². The molecule has 68 heavy (non-hydrogen) atoms. The van der Waals surface area contributed by atoms with Crippen LogP contribution in [-0.2, 0) is 44.6 Å². The number of rotatable bonds is 18. The maximum atomic E-state index is 14.7. The summed E-state index contributed by atoms with van der Waals surface area (Å²) in [7, 11) is 0. The van der Waals surface area contributed by atoms with Gasteiger partial charge in [-0.3, -0.25) is 14.4 Å². The number of Topliss-reactive ketones (excluding diaryl/α,β-unsaturated/α-hetero) is 1. The molecule has 18 nitrogen and oxygen atoms in total. The van der Waals surface area contributed by atoms with Crippen molar-refractivity contribution in [2.24, 2.45) is 41.4 Å². The maximum absolute atomic E-state index is 14.7. The first kappa shape index (κ1) is 54.0. The predicted octanol–water partition coefficient (Wildman–Crippen LogP) is 5.45. The summed E-state index contributed by atoms with van der Waals surface area (Å²) in [6, 6.07) is 0. The van der Waals surface area contributed by atoms with Crippen molar-refractivity contribution in [3.05, 3.63) is 34.3 Å². The second kappa shape index (κ2) is 21.6. The maximum Gasteiger partial charge on any atom is 0.342 e. The highest BCUT2D eigenvalue weighted by atomic mass is 16.8. The smallest absolute Gasteiger partial charge is 0.342 e. The highest BCUT2D eigenvalue weighted by Gasteiger charge is 2.63. The molecule has 4 fully saturated rings. The van der Waals surface area contributed by atoms with E-state index in [1.165, 1.54) is 10.8 Å². The summed E-state index contributed by atoms with van der Waals surface area (Å²) < 4.78 is 35.3. The molecule has 1 aromatic heterocycles. The molecule has 2 spiro atoms. The number of ether oxygens (including phenoxy) is 5. The Morgan fingerprint density at radius 3 is 2.32 bits per heavy atom. The third kappa shape index (κ3) is 10.8. The largest absolute Gasteiger partial charge is 0.392 e. The van der Waals surface area contributed by atoms with Crippen LogP contribution in [-0.4, -0.2) is 126 Å². The van der Waals surface area contributed by atoms with Gasteiger partial charge in [-0.15, -0.1) is 0 Å². The van der Waals surface area contributed by atoms with Gasteiger partial charge in [0.05, 0.1) is 66.8 Å². The van der Waals surface area contributed by atoms with Gasteiger partial charge in [0.15, 0.2) is 11.6 Å². The minimum atomic E-state index is -1.41. The fourth-order valence-electron chi connectivity index (χ4n) is 12.1. The number of nitro groups is 1.